The Balaban J connectivity index is 1.51. The van der Waals surface area contributed by atoms with Gasteiger partial charge in [-0.2, -0.15) is 5.10 Å². The van der Waals surface area contributed by atoms with Crippen molar-refractivity contribution >= 4 is 5.91 Å². The first kappa shape index (κ1) is 18.1. The third-order valence-corrected chi connectivity index (χ3v) is 3.58. The number of nitrogens with one attached hydrogen (secondary N) is 1. The standard InChI is InChI=1S/C17H18N6O4/c1-26-13-4-2-3-5-14(13)27-10-16(24)19-8-9-22-17(25)7-6-15(21-22)23-12-18-11-20-23/h2-7,11-12H,8-10H2,1H3,(H,19,24). The molecule has 0 aliphatic carbocycles. The number of hydrogen-bond donors (Lipinski definition) is 1. The Morgan fingerprint density at radius 1 is 1.19 bits per heavy atom. The number of ether oxygens (including phenoxy) is 2. The Morgan fingerprint density at radius 3 is 2.74 bits per heavy atom. The second-order valence-corrected chi connectivity index (χ2v) is 5.38. The lowest BCUT2D eigenvalue weighted by Crippen LogP contribution is -2.34. The maximum Gasteiger partial charge on any atom is 0.266 e. The third-order valence-electron chi connectivity index (χ3n) is 3.58. The van der Waals surface area contributed by atoms with Crippen LogP contribution in [0, 0.1) is 0 Å². The fraction of sp³-hybridized carbons (Fsp3) is 0.235. The number of aromatic nitrogens is 5. The van der Waals surface area contributed by atoms with Gasteiger partial charge in [-0.05, 0) is 18.2 Å². The highest BCUT2D eigenvalue weighted by molar-refractivity contribution is 5.77. The normalized spacial score (nSPS) is 10.4. The summed E-state index contributed by atoms with van der Waals surface area (Å²) < 4.78 is 13.3. The van der Waals surface area contributed by atoms with E-state index in [1.54, 1.807) is 24.3 Å². The minimum absolute atomic E-state index is 0.165. The van der Waals surface area contributed by atoms with Crippen molar-refractivity contribution in [3.8, 4) is 17.3 Å². The van der Waals surface area contributed by atoms with Crippen LogP contribution >= 0.6 is 0 Å². The lowest BCUT2D eigenvalue weighted by atomic mass is 10.3. The van der Waals surface area contributed by atoms with Crippen LogP contribution < -0.4 is 20.3 Å². The number of rotatable bonds is 8. The van der Waals surface area contributed by atoms with Gasteiger partial charge in [0.1, 0.15) is 12.7 Å². The minimum atomic E-state index is -0.318. The van der Waals surface area contributed by atoms with Gasteiger partial charge in [0.2, 0.25) is 0 Å². The van der Waals surface area contributed by atoms with Gasteiger partial charge < -0.3 is 14.8 Å². The molecular weight excluding hydrogens is 352 g/mol. The summed E-state index contributed by atoms with van der Waals surface area (Å²) in [6.07, 6.45) is 2.85. The van der Waals surface area contributed by atoms with E-state index in [2.05, 4.69) is 20.5 Å². The van der Waals surface area contributed by atoms with Gasteiger partial charge in [0.25, 0.3) is 11.5 Å². The number of hydrogen-bond acceptors (Lipinski definition) is 7. The second-order valence-electron chi connectivity index (χ2n) is 5.38. The molecule has 1 N–H and O–H groups in total. The maximum atomic E-state index is 11.9. The Morgan fingerprint density at radius 2 is 2.00 bits per heavy atom. The van der Waals surface area contributed by atoms with E-state index < -0.39 is 0 Å². The Kier molecular flexibility index (Phi) is 5.77. The third kappa shape index (κ3) is 4.69. The molecule has 10 nitrogen and oxygen atoms in total. The van der Waals surface area contributed by atoms with Crippen LogP contribution in [0.25, 0.3) is 5.82 Å². The van der Waals surface area contributed by atoms with Crippen LogP contribution in [0.1, 0.15) is 0 Å². The van der Waals surface area contributed by atoms with Gasteiger partial charge in [0.15, 0.2) is 23.9 Å². The fourth-order valence-electron chi connectivity index (χ4n) is 2.28. The van der Waals surface area contributed by atoms with E-state index in [0.29, 0.717) is 17.3 Å². The number of para-hydroxylation sites is 2. The van der Waals surface area contributed by atoms with E-state index in [0.717, 1.165) is 0 Å². The minimum Gasteiger partial charge on any atom is -0.493 e. The molecule has 0 spiro atoms. The van der Waals surface area contributed by atoms with Crippen molar-refractivity contribution in [1.29, 1.82) is 0 Å². The molecule has 0 bridgehead atoms. The van der Waals surface area contributed by atoms with Crippen molar-refractivity contribution in [2.75, 3.05) is 20.3 Å². The molecule has 1 aromatic carbocycles. The zero-order chi connectivity index (χ0) is 19.1. The quantitative estimate of drug-likeness (QED) is 0.595. The predicted octanol–water partition coefficient (Wildman–Crippen LogP) is 0.0278. The first-order valence-corrected chi connectivity index (χ1v) is 8.13. The van der Waals surface area contributed by atoms with Crippen molar-refractivity contribution in [2.24, 2.45) is 0 Å². The van der Waals surface area contributed by atoms with Gasteiger partial charge in [-0.3, -0.25) is 9.59 Å². The summed E-state index contributed by atoms with van der Waals surface area (Å²) in [6.45, 7) is 0.269. The largest absolute Gasteiger partial charge is 0.493 e. The van der Waals surface area contributed by atoms with Gasteiger partial charge in [-0.15, -0.1) is 5.10 Å². The zero-order valence-electron chi connectivity index (χ0n) is 14.6. The molecule has 0 atom stereocenters. The molecule has 3 aromatic rings. The number of methoxy groups -OCH3 is 1. The number of benzene rings is 1. The summed E-state index contributed by atoms with van der Waals surface area (Å²) in [7, 11) is 1.53. The zero-order valence-corrected chi connectivity index (χ0v) is 14.6. The predicted molar refractivity (Wildman–Crippen MR) is 94.9 cm³/mol. The van der Waals surface area contributed by atoms with Gasteiger partial charge in [-0.25, -0.2) is 14.3 Å². The monoisotopic (exact) mass is 370 g/mol. The average Bonchev–Trinajstić information content (AvgIpc) is 3.23. The summed E-state index contributed by atoms with van der Waals surface area (Å²) in [5.41, 5.74) is -0.279. The molecule has 27 heavy (non-hydrogen) atoms. The molecule has 0 radical (unpaired) electrons. The smallest absolute Gasteiger partial charge is 0.266 e. The van der Waals surface area contributed by atoms with Crippen molar-refractivity contribution in [1.82, 2.24) is 29.9 Å². The highest BCUT2D eigenvalue weighted by Crippen LogP contribution is 2.25. The van der Waals surface area contributed by atoms with E-state index in [4.69, 9.17) is 9.47 Å². The van der Waals surface area contributed by atoms with Gasteiger partial charge in [-0.1, -0.05) is 12.1 Å². The number of carbonyl (C=O) groups is 1. The van der Waals surface area contributed by atoms with E-state index >= 15 is 0 Å². The van der Waals surface area contributed by atoms with Crippen LogP contribution in [-0.4, -0.2) is 50.7 Å². The van der Waals surface area contributed by atoms with Crippen LogP contribution in [0.3, 0.4) is 0 Å². The first-order valence-electron chi connectivity index (χ1n) is 8.13. The van der Waals surface area contributed by atoms with Crippen LogP contribution in [-0.2, 0) is 11.3 Å². The molecule has 0 unspecified atom stereocenters. The van der Waals surface area contributed by atoms with E-state index in [1.165, 1.54) is 35.2 Å². The average molecular weight is 370 g/mol. The van der Waals surface area contributed by atoms with Crippen molar-refractivity contribution in [2.45, 2.75) is 6.54 Å². The van der Waals surface area contributed by atoms with Crippen molar-refractivity contribution < 1.29 is 14.3 Å². The number of amides is 1. The van der Waals surface area contributed by atoms with E-state index in [1.807, 2.05) is 6.07 Å². The summed E-state index contributed by atoms with van der Waals surface area (Å²) >= 11 is 0. The topological polar surface area (TPSA) is 113 Å². The number of nitrogens with zero attached hydrogens (tertiary/aromatic N) is 5. The molecule has 0 fully saturated rings. The summed E-state index contributed by atoms with van der Waals surface area (Å²) in [5, 5.41) is 10.8. The lowest BCUT2D eigenvalue weighted by molar-refractivity contribution is -0.123. The first-order chi connectivity index (χ1) is 13.2. The van der Waals surface area contributed by atoms with Gasteiger partial charge in [0.05, 0.1) is 13.7 Å². The fourth-order valence-corrected chi connectivity index (χ4v) is 2.28. The van der Waals surface area contributed by atoms with Gasteiger partial charge >= 0.3 is 0 Å². The molecule has 0 saturated heterocycles. The molecular formula is C17H18N6O4. The highest BCUT2D eigenvalue weighted by atomic mass is 16.5. The molecule has 3 rings (SSSR count). The summed E-state index contributed by atoms with van der Waals surface area (Å²) in [6, 6.07) is 9.99. The van der Waals surface area contributed by atoms with E-state index in [-0.39, 0.29) is 31.2 Å². The van der Waals surface area contributed by atoms with Crippen LogP contribution in [0.5, 0.6) is 11.5 Å². The van der Waals surface area contributed by atoms with Crippen LogP contribution in [0.15, 0.2) is 53.8 Å². The van der Waals surface area contributed by atoms with E-state index in [9.17, 15) is 9.59 Å². The molecule has 0 aliphatic heterocycles. The lowest BCUT2D eigenvalue weighted by Gasteiger charge is -2.11. The molecule has 0 saturated carbocycles. The van der Waals surface area contributed by atoms with Gasteiger partial charge in [0, 0.05) is 12.6 Å². The Hall–Kier alpha value is -3.69. The molecule has 1 amide bonds. The maximum absolute atomic E-state index is 11.9. The molecule has 2 heterocycles. The molecule has 140 valence electrons. The highest BCUT2D eigenvalue weighted by Gasteiger charge is 2.08. The number of carbonyl (C=O) groups excluding carboxylic acids is 1. The van der Waals surface area contributed by atoms with Crippen LogP contribution in [0.2, 0.25) is 0 Å². The summed E-state index contributed by atoms with van der Waals surface area (Å²) in [4.78, 5) is 27.7. The van der Waals surface area contributed by atoms with Crippen molar-refractivity contribution in [3.05, 3.63) is 59.4 Å². The Labute approximate surface area is 154 Å². The SMILES string of the molecule is COc1ccccc1OCC(=O)NCCn1nc(-n2cncn2)ccc1=O. The molecule has 10 heteroatoms. The molecule has 0 aliphatic rings. The second kappa shape index (κ2) is 8.61. The molecule has 2 aromatic heterocycles. The van der Waals surface area contributed by atoms with Crippen molar-refractivity contribution in [3.63, 3.8) is 0 Å². The van der Waals surface area contributed by atoms with Crippen LogP contribution in [0.4, 0.5) is 0 Å². The Bertz CT molecular complexity index is 954. The summed E-state index contributed by atoms with van der Waals surface area (Å²) in [5.74, 6) is 1.17.